The van der Waals surface area contributed by atoms with E-state index < -0.39 is 0 Å². The average molecular weight is 355 g/mol. The monoisotopic (exact) mass is 355 g/mol. The number of benzene rings is 2. The van der Waals surface area contributed by atoms with Crippen molar-refractivity contribution in [2.45, 2.75) is 27.2 Å². The van der Waals surface area contributed by atoms with Crippen LogP contribution < -0.4 is 20.7 Å². The highest BCUT2D eigenvalue weighted by Crippen LogP contribution is 2.21. The van der Waals surface area contributed by atoms with Crippen molar-refractivity contribution < 1.29 is 14.3 Å². The highest BCUT2D eigenvalue weighted by atomic mass is 16.5. The maximum atomic E-state index is 12.1. The predicted molar refractivity (Wildman–Crippen MR) is 105 cm³/mol. The zero-order chi connectivity index (χ0) is 18.9. The van der Waals surface area contributed by atoms with E-state index in [0.29, 0.717) is 24.5 Å². The molecule has 0 atom stereocenters. The van der Waals surface area contributed by atoms with Gasteiger partial charge in [-0.1, -0.05) is 19.1 Å². The van der Waals surface area contributed by atoms with Crippen LogP contribution in [0.25, 0.3) is 0 Å². The first kappa shape index (κ1) is 19.3. The molecule has 0 radical (unpaired) electrons. The van der Waals surface area contributed by atoms with E-state index in [4.69, 9.17) is 4.74 Å². The van der Waals surface area contributed by atoms with Crippen LogP contribution in [-0.2, 0) is 9.59 Å². The van der Waals surface area contributed by atoms with Crippen molar-refractivity contribution >= 4 is 28.9 Å². The number of hydrogen-bond acceptors (Lipinski definition) is 4. The molecule has 3 N–H and O–H groups in total. The Labute approximate surface area is 153 Å². The van der Waals surface area contributed by atoms with Gasteiger partial charge in [0.2, 0.25) is 11.8 Å². The molecule has 2 aromatic rings. The molecular weight excluding hydrogens is 330 g/mol. The minimum Gasteiger partial charge on any atom is -0.494 e. The Kier molecular flexibility index (Phi) is 7.02. The van der Waals surface area contributed by atoms with Crippen LogP contribution in [0, 0.1) is 6.92 Å². The number of anilines is 3. The third-order valence-corrected chi connectivity index (χ3v) is 3.71. The van der Waals surface area contributed by atoms with Crippen molar-refractivity contribution in [2.24, 2.45) is 0 Å². The SMILES string of the molecule is CCOc1cccc(NC(=O)CNc2ccc(C)c(NC(=O)CC)c2)c1. The second kappa shape index (κ2) is 9.46. The number of carbonyl (C=O) groups is 2. The second-order valence-corrected chi connectivity index (χ2v) is 5.79. The standard InChI is InChI=1S/C20H25N3O3/c1-4-19(24)23-18-12-15(10-9-14(18)3)21-13-20(25)22-16-7-6-8-17(11-16)26-5-2/h6-12,21H,4-5,13H2,1-3H3,(H,22,25)(H,23,24). The molecule has 26 heavy (non-hydrogen) atoms. The highest BCUT2D eigenvalue weighted by Gasteiger charge is 2.06. The number of amides is 2. The summed E-state index contributed by atoms with van der Waals surface area (Å²) in [5.41, 5.74) is 3.16. The first-order valence-corrected chi connectivity index (χ1v) is 8.69. The topological polar surface area (TPSA) is 79.5 Å². The summed E-state index contributed by atoms with van der Waals surface area (Å²) in [4.78, 5) is 23.7. The van der Waals surface area contributed by atoms with Crippen LogP contribution in [0.15, 0.2) is 42.5 Å². The van der Waals surface area contributed by atoms with E-state index >= 15 is 0 Å². The number of aryl methyl sites for hydroxylation is 1. The zero-order valence-corrected chi connectivity index (χ0v) is 15.4. The molecule has 2 rings (SSSR count). The van der Waals surface area contributed by atoms with Gasteiger partial charge in [-0.15, -0.1) is 0 Å². The number of hydrogen-bond donors (Lipinski definition) is 3. The third-order valence-electron chi connectivity index (χ3n) is 3.71. The van der Waals surface area contributed by atoms with Crippen LogP contribution in [0.2, 0.25) is 0 Å². The lowest BCUT2D eigenvalue weighted by Crippen LogP contribution is -2.21. The molecule has 6 heteroatoms. The van der Waals surface area contributed by atoms with Crippen molar-refractivity contribution in [3.05, 3.63) is 48.0 Å². The smallest absolute Gasteiger partial charge is 0.243 e. The average Bonchev–Trinajstić information content (AvgIpc) is 2.63. The first-order chi connectivity index (χ1) is 12.5. The molecule has 0 bridgehead atoms. The van der Waals surface area contributed by atoms with Gasteiger partial charge in [0, 0.05) is 29.5 Å². The van der Waals surface area contributed by atoms with Gasteiger partial charge in [-0.25, -0.2) is 0 Å². The van der Waals surface area contributed by atoms with Crippen LogP contribution >= 0.6 is 0 Å². The fraction of sp³-hybridized carbons (Fsp3) is 0.300. The van der Waals surface area contributed by atoms with E-state index in [0.717, 1.165) is 16.9 Å². The Morgan fingerprint density at radius 3 is 2.50 bits per heavy atom. The molecular formula is C20H25N3O3. The Morgan fingerprint density at radius 2 is 1.77 bits per heavy atom. The van der Waals surface area contributed by atoms with Gasteiger partial charge in [0.15, 0.2) is 0 Å². The molecule has 0 unspecified atom stereocenters. The Hall–Kier alpha value is -3.02. The summed E-state index contributed by atoms with van der Waals surface area (Å²) in [7, 11) is 0. The van der Waals surface area contributed by atoms with Gasteiger partial charge in [0.25, 0.3) is 0 Å². The van der Waals surface area contributed by atoms with Crippen LogP contribution in [0.3, 0.4) is 0 Å². The molecule has 0 aromatic heterocycles. The summed E-state index contributed by atoms with van der Waals surface area (Å²) in [6.07, 6.45) is 0.417. The Morgan fingerprint density at radius 1 is 0.962 bits per heavy atom. The van der Waals surface area contributed by atoms with Crippen LogP contribution in [0.4, 0.5) is 17.1 Å². The molecule has 0 heterocycles. The maximum Gasteiger partial charge on any atom is 0.243 e. The molecule has 2 amide bonds. The van der Waals surface area contributed by atoms with Gasteiger partial charge in [0.1, 0.15) is 5.75 Å². The minimum atomic E-state index is -0.168. The van der Waals surface area contributed by atoms with Gasteiger partial charge >= 0.3 is 0 Å². The van der Waals surface area contributed by atoms with E-state index in [-0.39, 0.29) is 18.4 Å². The van der Waals surface area contributed by atoms with Crippen LogP contribution in [0.5, 0.6) is 5.75 Å². The van der Waals surface area contributed by atoms with Crippen molar-refractivity contribution in [1.29, 1.82) is 0 Å². The molecule has 0 fully saturated rings. The summed E-state index contributed by atoms with van der Waals surface area (Å²) in [6, 6.07) is 12.9. The van der Waals surface area contributed by atoms with Crippen molar-refractivity contribution in [3.63, 3.8) is 0 Å². The second-order valence-electron chi connectivity index (χ2n) is 5.79. The van der Waals surface area contributed by atoms with Crippen molar-refractivity contribution in [1.82, 2.24) is 0 Å². The van der Waals surface area contributed by atoms with Gasteiger partial charge in [-0.05, 0) is 43.7 Å². The van der Waals surface area contributed by atoms with Crippen LogP contribution in [-0.4, -0.2) is 25.0 Å². The lowest BCUT2D eigenvalue weighted by molar-refractivity contribution is -0.116. The fourth-order valence-corrected chi connectivity index (χ4v) is 2.32. The quantitative estimate of drug-likeness (QED) is 0.673. The summed E-state index contributed by atoms with van der Waals surface area (Å²) in [5.74, 6) is 0.503. The van der Waals surface area contributed by atoms with Gasteiger partial charge in [-0.2, -0.15) is 0 Å². The molecule has 0 saturated carbocycles. The van der Waals surface area contributed by atoms with E-state index in [1.165, 1.54) is 0 Å². The molecule has 6 nitrogen and oxygen atoms in total. The summed E-state index contributed by atoms with van der Waals surface area (Å²) < 4.78 is 5.42. The lowest BCUT2D eigenvalue weighted by atomic mass is 10.1. The largest absolute Gasteiger partial charge is 0.494 e. The fourth-order valence-electron chi connectivity index (χ4n) is 2.32. The normalized spacial score (nSPS) is 10.1. The number of ether oxygens (including phenoxy) is 1. The van der Waals surface area contributed by atoms with Crippen molar-refractivity contribution in [2.75, 3.05) is 29.1 Å². The van der Waals surface area contributed by atoms with E-state index in [1.54, 1.807) is 13.0 Å². The van der Waals surface area contributed by atoms with Gasteiger partial charge in [0.05, 0.1) is 13.2 Å². The molecule has 0 aliphatic carbocycles. The molecule has 0 aliphatic heterocycles. The Bertz CT molecular complexity index is 775. The number of rotatable bonds is 8. The molecule has 138 valence electrons. The van der Waals surface area contributed by atoms with Crippen molar-refractivity contribution in [3.8, 4) is 5.75 Å². The predicted octanol–water partition coefficient (Wildman–Crippen LogP) is 3.79. The van der Waals surface area contributed by atoms with Crippen LogP contribution in [0.1, 0.15) is 25.8 Å². The van der Waals surface area contributed by atoms with Gasteiger partial charge in [-0.3, -0.25) is 9.59 Å². The number of carbonyl (C=O) groups excluding carboxylic acids is 2. The molecule has 0 spiro atoms. The summed E-state index contributed by atoms with van der Waals surface area (Å²) >= 11 is 0. The maximum absolute atomic E-state index is 12.1. The summed E-state index contributed by atoms with van der Waals surface area (Å²) in [6.45, 7) is 6.32. The van der Waals surface area contributed by atoms with E-state index in [9.17, 15) is 9.59 Å². The Balaban J connectivity index is 1.93. The zero-order valence-electron chi connectivity index (χ0n) is 15.4. The number of nitrogens with one attached hydrogen (secondary N) is 3. The van der Waals surface area contributed by atoms with Gasteiger partial charge < -0.3 is 20.7 Å². The highest BCUT2D eigenvalue weighted by molar-refractivity contribution is 5.94. The lowest BCUT2D eigenvalue weighted by Gasteiger charge is -2.12. The third kappa shape index (κ3) is 5.81. The first-order valence-electron chi connectivity index (χ1n) is 8.69. The minimum absolute atomic E-state index is 0.0443. The van der Waals surface area contributed by atoms with E-state index in [2.05, 4.69) is 16.0 Å². The molecule has 0 aliphatic rings. The summed E-state index contributed by atoms with van der Waals surface area (Å²) in [5, 5.41) is 8.75. The molecule has 2 aromatic carbocycles. The van der Waals surface area contributed by atoms with E-state index in [1.807, 2.05) is 50.2 Å². The molecule has 0 saturated heterocycles.